The third kappa shape index (κ3) is 4.52. The monoisotopic (exact) mass is 493 g/mol. The highest BCUT2D eigenvalue weighted by molar-refractivity contribution is 9.10. The van der Waals surface area contributed by atoms with E-state index in [0.29, 0.717) is 22.2 Å². The molecule has 0 bridgehead atoms. The van der Waals surface area contributed by atoms with Gasteiger partial charge in [-0.1, -0.05) is 40.2 Å². The fourth-order valence-corrected chi connectivity index (χ4v) is 3.41. The van der Waals surface area contributed by atoms with Crippen molar-refractivity contribution >= 4 is 39.0 Å². The van der Waals surface area contributed by atoms with E-state index < -0.39 is 17.2 Å². The van der Waals surface area contributed by atoms with Crippen molar-refractivity contribution in [2.75, 3.05) is 0 Å². The number of carbonyl (C=O) groups is 1. The van der Waals surface area contributed by atoms with Crippen LogP contribution in [0.25, 0.3) is 10.9 Å². The second-order valence-electron chi connectivity index (χ2n) is 6.81. The van der Waals surface area contributed by atoms with Crippen LogP contribution in [0.15, 0.2) is 85.9 Å². The molecule has 4 rings (SSSR count). The molecule has 1 aromatic heterocycles. The summed E-state index contributed by atoms with van der Waals surface area (Å²) in [5.41, 5.74) is 0.770. The minimum Gasteiger partial charge on any atom is -0.488 e. The van der Waals surface area contributed by atoms with E-state index in [1.807, 2.05) is 0 Å². The summed E-state index contributed by atoms with van der Waals surface area (Å²) in [4.78, 5) is 38.6. The molecule has 0 aliphatic carbocycles. The zero-order valence-electron chi connectivity index (χ0n) is 16.5. The number of aromatic amines is 1. The number of para-hydroxylation sites is 1. The van der Waals surface area contributed by atoms with Crippen LogP contribution in [0.3, 0.4) is 0 Å². The molecule has 0 fully saturated rings. The van der Waals surface area contributed by atoms with E-state index in [-0.39, 0.29) is 12.2 Å². The van der Waals surface area contributed by atoms with E-state index in [0.717, 1.165) is 14.7 Å². The molecule has 0 amide bonds. The molecular formula is C23H16BrN3O5. The molecule has 8 nitrogen and oxygen atoms in total. The van der Waals surface area contributed by atoms with Crippen molar-refractivity contribution in [2.45, 2.75) is 6.61 Å². The highest BCUT2D eigenvalue weighted by atomic mass is 79.9. The number of hydrogen-bond acceptors (Lipinski definition) is 5. The summed E-state index contributed by atoms with van der Waals surface area (Å²) in [6, 6.07) is 18.3. The number of carboxylic acids is 1. The number of aromatic nitrogens is 2. The molecule has 0 aliphatic rings. The largest absolute Gasteiger partial charge is 0.488 e. The molecule has 160 valence electrons. The summed E-state index contributed by atoms with van der Waals surface area (Å²) in [6.45, 7) is 0.193. The maximum absolute atomic E-state index is 12.7. The number of benzene rings is 3. The van der Waals surface area contributed by atoms with Gasteiger partial charge >= 0.3 is 11.7 Å². The van der Waals surface area contributed by atoms with Crippen LogP contribution in [-0.2, 0) is 6.61 Å². The molecule has 3 aromatic carbocycles. The zero-order chi connectivity index (χ0) is 22.7. The molecule has 0 radical (unpaired) electrons. The smallest absolute Gasteiger partial charge is 0.349 e. The van der Waals surface area contributed by atoms with Gasteiger partial charge < -0.3 is 14.8 Å². The summed E-state index contributed by atoms with van der Waals surface area (Å²) in [6.07, 6.45) is 1.37. The number of hydrogen-bond donors (Lipinski definition) is 2. The quantitative estimate of drug-likeness (QED) is 0.398. The van der Waals surface area contributed by atoms with Crippen LogP contribution in [0.1, 0.15) is 21.5 Å². The highest BCUT2D eigenvalue weighted by Crippen LogP contribution is 2.23. The average Bonchev–Trinajstić information content (AvgIpc) is 2.78. The van der Waals surface area contributed by atoms with Gasteiger partial charge in [0.1, 0.15) is 12.4 Å². The van der Waals surface area contributed by atoms with Crippen molar-refractivity contribution < 1.29 is 14.6 Å². The number of nitrogens with zero attached hydrogens (tertiary/aromatic N) is 2. The van der Waals surface area contributed by atoms with Crippen molar-refractivity contribution in [3.63, 3.8) is 0 Å². The fraction of sp³-hybridized carbons (Fsp3) is 0.0435. The Kier molecular flexibility index (Phi) is 6.00. The molecule has 0 saturated carbocycles. The molecule has 2 N–H and O–H groups in total. The Labute approximate surface area is 189 Å². The normalized spacial score (nSPS) is 11.2. The third-order valence-electron chi connectivity index (χ3n) is 4.66. The van der Waals surface area contributed by atoms with Crippen molar-refractivity contribution in [2.24, 2.45) is 5.10 Å². The van der Waals surface area contributed by atoms with Crippen LogP contribution in [0.5, 0.6) is 5.75 Å². The molecule has 9 heteroatoms. The molecule has 0 unspecified atom stereocenters. The number of H-pyrrole nitrogens is 1. The molecule has 0 spiro atoms. The second kappa shape index (κ2) is 9.03. The average molecular weight is 494 g/mol. The first kappa shape index (κ1) is 21.3. The van der Waals surface area contributed by atoms with Crippen molar-refractivity contribution in [3.05, 3.63) is 109 Å². The Morgan fingerprint density at radius 3 is 2.59 bits per heavy atom. The zero-order valence-corrected chi connectivity index (χ0v) is 18.1. The lowest BCUT2D eigenvalue weighted by atomic mass is 10.1. The first-order valence-electron chi connectivity index (χ1n) is 9.45. The lowest BCUT2D eigenvalue weighted by molar-refractivity contribution is 0.0697. The first-order valence-corrected chi connectivity index (χ1v) is 10.2. The van der Waals surface area contributed by atoms with Gasteiger partial charge in [-0.2, -0.15) is 5.10 Å². The van der Waals surface area contributed by atoms with E-state index in [1.54, 1.807) is 54.6 Å². The van der Waals surface area contributed by atoms with Gasteiger partial charge in [0.15, 0.2) is 0 Å². The van der Waals surface area contributed by atoms with Crippen molar-refractivity contribution in [3.8, 4) is 5.75 Å². The Balaban J connectivity index is 1.62. The van der Waals surface area contributed by atoms with E-state index in [4.69, 9.17) is 9.84 Å². The van der Waals surface area contributed by atoms with Crippen LogP contribution in [0, 0.1) is 0 Å². The number of ether oxygens (including phenoxy) is 1. The minimum atomic E-state index is -0.997. The van der Waals surface area contributed by atoms with Crippen molar-refractivity contribution in [1.29, 1.82) is 0 Å². The number of fused-ring (bicyclic) bond motifs is 1. The third-order valence-corrected chi connectivity index (χ3v) is 5.16. The summed E-state index contributed by atoms with van der Waals surface area (Å²) < 4.78 is 7.39. The molecule has 0 aliphatic heterocycles. The number of halogens is 1. The van der Waals surface area contributed by atoms with E-state index >= 15 is 0 Å². The van der Waals surface area contributed by atoms with Crippen LogP contribution in [0.4, 0.5) is 0 Å². The lowest BCUT2D eigenvalue weighted by Crippen LogP contribution is -2.32. The summed E-state index contributed by atoms with van der Waals surface area (Å²) in [5, 5.41) is 13.4. The van der Waals surface area contributed by atoms with E-state index in [9.17, 15) is 14.4 Å². The predicted molar refractivity (Wildman–Crippen MR) is 124 cm³/mol. The predicted octanol–water partition coefficient (Wildman–Crippen LogP) is 3.61. The van der Waals surface area contributed by atoms with Crippen LogP contribution < -0.4 is 16.0 Å². The van der Waals surface area contributed by atoms with E-state index in [2.05, 4.69) is 26.0 Å². The fourth-order valence-electron chi connectivity index (χ4n) is 3.03. The number of nitrogens with one attached hydrogen (secondary N) is 1. The SMILES string of the molecule is O=C(O)c1ccc(COc2ccc(Br)cc2C=Nn2c(=O)[nH]c3ccccc3c2=O)cc1. The highest BCUT2D eigenvalue weighted by Gasteiger charge is 2.08. The van der Waals surface area contributed by atoms with Crippen LogP contribution in [0.2, 0.25) is 0 Å². The molecular weight excluding hydrogens is 478 g/mol. The standard InChI is InChI=1S/C23H16BrN3O5/c24-17-9-10-20(32-13-14-5-7-15(8-6-14)22(29)30)16(11-17)12-25-27-21(28)18-3-1-2-4-19(18)26-23(27)31/h1-12H,13H2,(H,26,31)(H,29,30). The van der Waals surface area contributed by atoms with Gasteiger partial charge in [-0.05, 0) is 48.0 Å². The molecule has 4 aromatic rings. The Morgan fingerprint density at radius 1 is 1.09 bits per heavy atom. The van der Waals surface area contributed by atoms with Crippen LogP contribution in [-0.4, -0.2) is 27.0 Å². The summed E-state index contributed by atoms with van der Waals surface area (Å²) in [7, 11) is 0. The lowest BCUT2D eigenvalue weighted by Gasteiger charge is -2.10. The molecule has 1 heterocycles. The Hall–Kier alpha value is -3.98. The topological polar surface area (TPSA) is 114 Å². The molecule has 0 saturated heterocycles. The Morgan fingerprint density at radius 2 is 1.84 bits per heavy atom. The van der Waals surface area contributed by atoms with Gasteiger partial charge in [-0.25, -0.2) is 9.59 Å². The van der Waals surface area contributed by atoms with E-state index in [1.165, 1.54) is 18.3 Å². The minimum absolute atomic E-state index is 0.191. The number of aromatic carboxylic acids is 1. The van der Waals surface area contributed by atoms with Crippen LogP contribution >= 0.6 is 15.9 Å². The van der Waals surface area contributed by atoms with Gasteiger partial charge in [0.05, 0.1) is 22.7 Å². The second-order valence-corrected chi connectivity index (χ2v) is 7.73. The number of carboxylic acid groups (broad SMARTS) is 1. The van der Waals surface area contributed by atoms with Gasteiger partial charge in [-0.3, -0.25) is 4.79 Å². The van der Waals surface area contributed by atoms with Gasteiger partial charge in [0.25, 0.3) is 5.56 Å². The maximum Gasteiger partial charge on any atom is 0.349 e. The summed E-state index contributed by atoms with van der Waals surface area (Å²) >= 11 is 3.39. The first-order chi connectivity index (χ1) is 15.4. The van der Waals surface area contributed by atoms with Gasteiger partial charge in [-0.15, -0.1) is 4.68 Å². The maximum atomic E-state index is 12.7. The Bertz CT molecular complexity index is 1460. The molecule has 0 atom stereocenters. The summed E-state index contributed by atoms with van der Waals surface area (Å²) in [5.74, 6) is -0.521. The van der Waals surface area contributed by atoms with Gasteiger partial charge in [0.2, 0.25) is 0 Å². The van der Waals surface area contributed by atoms with Gasteiger partial charge in [0, 0.05) is 10.0 Å². The number of rotatable bonds is 6. The molecule has 32 heavy (non-hydrogen) atoms. The van der Waals surface area contributed by atoms with Crippen molar-refractivity contribution in [1.82, 2.24) is 9.66 Å².